The summed E-state index contributed by atoms with van der Waals surface area (Å²) in [7, 11) is 1.29. The van der Waals surface area contributed by atoms with Crippen LogP contribution in [0.3, 0.4) is 0 Å². The van der Waals surface area contributed by atoms with Crippen LogP contribution in [-0.4, -0.2) is 24.2 Å². The zero-order valence-corrected chi connectivity index (χ0v) is 14.8. The van der Waals surface area contributed by atoms with Crippen LogP contribution < -0.4 is 10.6 Å². The minimum atomic E-state index is -0.715. The molecule has 3 rings (SSSR count). The number of benzene rings is 2. The summed E-state index contributed by atoms with van der Waals surface area (Å²) < 4.78 is 5.39. The number of phenolic OH excluding ortho intramolecular Hbond substituents is 1. The Kier molecular flexibility index (Phi) is 4.76. The summed E-state index contributed by atoms with van der Waals surface area (Å²) in [6.07, 6.45) is 0. The van der Waals surface area contributed by atoms with E-state index in [0.717, 1.165) is 0 Å². The molecule has 25 heavy (non-hydrogen) atoms. The summed E-state index contributed by atoms with van der Waals surface area (Å²) in [6, 6.07) is 12.7. The van der Waals surface area contributed by atoms with Gasteiger partial charge in [-0.25, -0.2) is 9.59 Å². The van der Waals surface area contributed by atoms with Crippen molar-refractivity contribution in [3.05, 3.63) is 69.7 Å². The number of phenols is 1. The number of methoxy groups -OCH3 is 1. The average Bonchev–Trinajstić information content (AvgIpc) is 2.63. The fraction of sp³-hybridized carbons (Fsp3) is 0.111. The number of amides is 2. The Labute approximate surface area is 152 Å². The first-order valence-corrected chi connectivity index (χ1v) is 8.24. The van der Waals surface area contributed by atoms with E-state index in [1.807, 2.05) is 18.2 Å². The van der Waals surface area contributed by atoms with Crippen molar-refractivity contribution in [2.45, 2.75) is 6.04 Å². The van der Waals surface area contributed by atoms with Crippen LogP contribution in [0.4, 0.5) is 4.79 Å². The van der Waals surface area contributed by atoms with E-state index in [9.17, 15) is 14.7 Å². The first kappa shape index (κ1) is 17.0. The molecule has 0 spiro atoms. The fourth-order valence-corrected chi connectivity index (χ4v) is 3.08. The van der Waals surface area contributed by atoms with Crippen LogP contribution in [0.2, 0.25) is 0 Å². The third-order valence-electron chi connectivity index (χ3n) is 3.84. The molecule has 0 radical (unpaired) electrons. The van der Waals surface area contributed by atoms with Crippen LogP contribution >= 0.6 is 15.9 Å². The highest BCUT2D eigenvalue weighted by atomic mass is 79.9. The van der Waals surface area contributed by atoms with E-state index >= 15 is 0 Å². The molecule has 2 aromatic carbocycles. The van der Waals surface area contributed by atoms with E-state index in [1.54, 1.807) is 24.3 Å². The molecule has 1 unspecified atom stereocenters. The molecule has 0 saturated heterocycles. The molecule has 1 aliphatic rings. The molecule has 7 heteroatoms. The molecule has 1 aliphatic heterocycles. The number of carbonyl (C=O) groups excluding carboxylic acids is 2. The predicted molar refractivity (Wildman–Crippen MR) is 95.6 cm³/mol. The van der Waals surface area contributed by atoms with E-state index in [1.165, 1.54) is 13.2 Å². The monoisotopic (exact) mass is 402 g/mol. The first-order valence-electron chi connectivity index (χ1n) is 7.45. The van der Waals surface area contributed by atoms with Crippen LogP contribution in [0, 0.1) is 0 Å². The van der Waals surface area contributed by atoms with Crippen molar-refractivity contribution in [3.8, 4) is 5.75 Å². The van der Waals surface area contributed by atoms with Gasteiger partial charge in [0.05, 0.1) is 28.9 Å². The number of esters is 1. The van der Waals surface area contributed by atoms with E-state index < -0.39 is 18.0 Å². The Morgan fingerprint density at radius 3 is 2.56 bits per heavy atom. The summed E-state index contributed by atoms with van der Waals surface area (Å²) in [4.78, 5) is 24.6. The van der Waals surface area contributed by atoms with Crippen molar-refractivity contribution in [2.24, 2.45) is 0 Å². The molecule has 0 bridgehead atoms. The molecule has 6 nitrogen and oxygen atoms in total. The summed E-state index contributed by atoms with van der Waals surface area (Å²) in [5, 5.41) is 15.1. The fourth-order valence-electron chi connectivity index (χ4n) is 2.68. The van der Waals surface area contributed by atoms with E-state index in [0.29, 0.717) is 21.3 Å². The number of aromatic hydroxyl groups is 1. The molecule has 1 heterocycles. The summed E-state index contributed by atoms with van der Waals surface area (Å²) in [5.41, 5.74) is 2.00. The molecule has 0 aromatic heterocycles. The number of rotatable bonds is 3. The van der Waals surface area contributed by atoms with E-state index in [-0.39, 0.29) is 11.3 Å². The zero-order valence-electron chi connectivity index (χ0n) is 13.2. The minimum absolute atomic E-state index is 0.0656. The van der Waals surface area contributed by atoms with Gasteiger partial charge in [-0.15, -0.1) is 0 Å². The Bertz CT molecular complexity index is 865. The molecule has 1 atom stereocenters. The highest BCUT2D eigenvalue weighted by molar-refractivity contribution is 9.10. The molecule has 128 valence electrons. The molecule has 0 saturated carbocycles. The second-order valence-corrected chi connectivity index (χ2v) is 6.24. The van der Waals surface area contributed by atoms with Gasteiger partial charge in [0.1, 0.15) is 5.75 Å². The standard InChI is InChI=1S/C18H15BrN2O4/c1-25-17(23)14-15(10-5-3-2-4-6-10)20-18(24)21-16(14)11-7-8-13(22)12(19)9-11/h2-9,16,22H,1H3,(H2,20,21,24). The number of hydrogen-bond acceptors (Lipinski definition) is 4. The smallest absolute Gasteiger partial charge is 0.338 e. The molecule has 2 amide bonds. The number of carbonyl (C=O) groups is 2. The Balaban J connectivity index is 2.20. The van der Waals surface area contributed by atoms with Crippen LogP contribution in [0.1, 0.15) is 17.2 Å². The van der Waals surface area contributed by atoms with Gasteiger partial charge in [-0.1, -0.05) is 36.4 Å². The van der Waals surface area contributed by atoms with Gasteiger partial charge in [0.2, 0.25) is 0 Å². The summed E-state index contributed by atoms with van der Waals surface area (Å²) in [5.74, 6) is -0.489. The minimum Gasteiger partial charge on any atom is -0.507 e. The zero-order chi connectivity index (χ0) is 18.0. The average molecular weight is 403 g/mol. The van der Waals surface area contributed by atoms with Gasteiger partial charge in [0, 0.05) is 0 Å². The maximum absolute atomic E-state index is 12.5. The topological polar surface area (TPSA) is 87.7 Å². The molecule has 0 fully saturated rings. The van der Waals surface area contributed by atoms with Crippen LogP contribution in [-0.2, 0) is 9.53 Å². The van der Waals surface area contributed by atoms with Gasteiger partial charge < -0.3 is 20.5 Å². The molecule has 2 aromatic rings. The molecule has 3 N–H and O–H groups in total. The summed E-state index contributed by atoms with van der Waals surface area (Å²) >= 11 is 3.25. The third kappa shape index (κ3) is 3.36. The van der Waals surface area contributed by atoms with Crippen molar-refractivity contribution in [1.82, 2.24) is 10.6 Å². The number of halogens is 1. The predicted octanol–water partition coefficient (Wildman–Crippen LogP) is 3.09. The van der Waals surface area contributed by atoms with Gasteiger partial charge in [0.25, 0.3) is 0 Å². The lowest BCUT2D eigenvalue weighted by Gasteiger charge is -2.29. The quantitative estimate of drug-likeness (QED) is 0.688. The van der Waals surface area contributed by atoms with Crippen molar-refractivity contribution in [3.63, 3.8) is 0 Å². The van der Waals surface area contributed by atoms with Crippen LogP contribution in [0.25, 0.3) is 5.70 Å². The van der Waals surface area contributed by atoms with Crippen LogP contribution in [0.5, 0.6) is 5.75 Å². The number of ether oxygens (including phenoxy) is 1. The summed E-state index contributed by atoms with van der Waals surface area (Å²) in [6.45, 7) is 0. The molecular weight excluding hydrogens is 388 g/mol. The van der Waals surface area contributed by atoms with Gasteiger partial charge in [-0.2, -0.15) is 0 Å². The highest BCUT2D eigenvalue weighted by Crippen LogP contribution is 2.34. The van der Waals surface area contributed by atoms with Crippen LogP contribution in [0.15, 0.2) is 58.6 Å². The highest BCUT2D eigenvalue weighted by Gasteiger charge is 2.34. The normalized spacial score (nSPS) is 16.9. The lowest BCUT2D eigenvalue weighted by atomic mass is 9.92. The van der Waals surface area contributed by atoms with E-state index in [4.69, 9.17) is 4.74 Å². The molecule has 0 aliphatic carbocycles. The lowest BCUT2D eigenvalue weighted by Crippen LogP contribution is -2.45. The number of hydrogen-bond donors (Lipinski definition) is 3. The maximum Gasteiger partial charge on any atom is 0.338 e. The van der Waals surface area contributed by atoms with Crippen molar-refractivity contribution >= 4 is 33.6 Å². The largest absolute Gasteiger partial charge is 0.507 e. The Hall–Kier alpha value is -2.80. The van der Waals surface area contributed by atoms with Gasteiger partial charge >= 0.3 is 12.0 Å². The SMILES string of the molecule is COC(=O)C1=C(c2ccccc2)NC(=O)NC1c1ccc(O)c(Br)c1. The van der Waals surface area contributed by atoms with Crippen molar-refractivity contribution < 1.29 is 19.4 Å². The van der Waals surface area contributed by atoms with Gasteiger partial charge in [0.15, 0.2) is 0 Å². The van der Waals surface area contributed by atoms with Gasteiger partial charge in [-0.05, 0) is 39.2 Å². The second kappa shape index (κ2) is 6.98. The Morgan fingerprint density at radius 1 is 1.20 bits per heavy atom. The first-order chi connectivity index (χ1) is 12.0. The number of urea groups is 1. The number of nitrogens with one attached hydrogen (secondary N) is 2. The lowest BCUT2D eigenvalue weighted by molar-refractivity contribution is -0.136. The third-order valence-corrected chi connectivity index (χ3v) is 4.48. The van der Waals surface area contributed by atoms with Crippen molar-refractivity contribution in [2.75, 3.05) is 7.11 Å². The van der Waals surface area contributed by atoms with E-state index in [2.05, 4.69) is 26.6 Å². The Morgan fingerprint density at radius 2 is 1.92 bits per heavy atom. The maximum atomic E-state index is 12.5. The second-order valence-electron chi connectivity index (χ2n) is 5.39. The van der Waals surface area contributed by atoms with Gasteiger partial charge in [-0.3, -0.25) is 0 Å². The van der Waals surface area contributed by atoms with Crippen molar-refractivity contribution in [1.29, 1.82) is 0 Å². The molecular formula is C18H15BrN2O4.